The van der Waals surface area contributed by atoms with E-state index >= 15 is 0 Å². The van der Waals surface area contributed by atoms with Gasteiger partial charge in [0.25, 0.3) is 0 Å². The SMILES string of the molecule is COc1ccc(N=C2C(=Nc3ccc(OC)cc3)N(c3ccc(OC)cc3)C(=O)N2c2ccc(OC)cc2)cc1.[Br][Ni][Br]. The van der Waals surface area contributed by atoms with E-state index in [-0.39, 0.29) is 6.03 Å². The first-order valence-electron chi connectivity index (χ1n) is 12.7. The Balaban J connectivity index is 0.00000135. The second kappa shape index (κ2) is 15.6. The molecule has 0 aromatic heterocycles. The quantitative estimate of drug-likeness (QED) is 0.169. The molecule has 0 N–H and O–H groups in total. The standard InChI is InChI=1S/C31H28N4O5.2BrH.Ni/c1-37-25-13-5-21(6-14-25)32-29-30(33-22-7-15-26(38-2)16-8-22)35(24-11-19-28(40-4)20-12-24)31(36)34(29)23-9-17-27(39-3)18-10-23;;;/h5-20H,1-4H3;2*1H;/q;;;+2/p-2. The van der Waals surface area contributed by atoms with Gasteiger partial charge in [-0.3, -0.25) is 0 Å². The van der Waals surface area contributed by atoms with Gasteiger partial charge in [0.2, 0.25) is 0 Å². The van der Waals surface area contributed by atoms with Gasteiger partial charge in [0.1, 0.15) is 23.0 Å². The third kappa shape index (κ3) is 7.76. The maximum absolute atomic E-state index is 14.2. The van der Waals surface area contributed by atoms with E-state index in [0.29, 0.717) is 57.4 Å². The van der Waals surface area contributed by atoms with Crippen LogP contribution in [0.5, 0.6) is 23.0 Å². The van der Waals surface area contributed by atoms with Gasteiger partial charge < -0.3 is 18.9 Å². The fourth-order valence-corrected chi connectivity index (χ4v) is 4.17. The van der Waals surface area contributed by atoms with Crippen molar-refractivity contribution >= 4 is 68.9 Å². The van der Waals surface area contributed by atoms with Gasteiger partial charge in [0.15, 0.2) is 11.7 Å². The fourth-order valence-electron chi connectivity index (χ4n) is 4.17. The number of amidine groups is 2. The van der Waals surface area contributed by atoms with E-state index in [1.165, 1.54) is 20.7 Å². The van der Waals surface area contributed by atoms with Crippen molar-refractivity contribution < 1.29 is 34.6 Å². The molecular weight excluding hydrogens is 727 g/mol. The van der Waals surface area contributed by atoms with Crippen LogP contribution >= 0.6 is 28.5 Å². The zero-order valence-electron chi connectivity index (χ0n) is 23.6. The van der Waals surface area contributed by atoms with Gasteiger partial charge in [-0.25, -0.2) is 24.6 Å². The van der Waals surface area contributed by atoms with Crippen molar-refractivity contribution in [2.24, 2.45) is 9.98 Å². The van der Waals surface area contributed by atoms with Crippen LogP contribution in [0, 0.1) is 0 Å². The Morgan fingerprint density at radius 1 is 0.512 bits per heavy atom. The average Bonchev–Trinajstić information content (AvgIpc) is 3.31. The van der Waals surface area contributed by atoms with E-state index in [1.54, 1.807) is 52.7 Å². The van der Waals surface area contributed by atoms with Gasteiger partial charge in [-0.15, -0.1) is 0 Å². The molecule has 43 heavy (non-hydrogen) atoms. The molecule has 0 unspecified atom stereocenters. The summed E-state index contributed by atoms with van der Waals surface area (Å²) in [5.74, 6) is 3.45. The van der Waals surface area contributed by atoms with Crippen LogP contribution in [0.3, 0.4) is 0 Å². The van der Waals surface area contributed by atoms with Crippen molar-refractivity contribution in [3.63, 3.8) is 0 Å². The molecule has 1 heterocycles. The van der Waals surface area contributed by atoms with Gasteiger partial charge in [-0.2, -0.15) is 0 Å². The van der Waals surface area contributed by atoms with Crippen LogP contribution in [0.25, 0.3) is 0 Å². The summed E-state index contributed by atoms with van der Waals surface area (Å²) < 4.78 is 21.3. The van der Waals surface area contributed by atoms with Crippen molar-refractivity contribution in [2.45, 2.75) is 0 Å². The normalized spacial score (nSPS) is 14.5. The molecule has 226 valence electrons. The van der Waals surface area contributed by atoms with Crippen LogP contribution in [0.2, 0.25) is 0 Å². The summed E-state index contributed by atoms with van der Waals surface area (Å²) in [5.41, 5.74) is 2.47. The molecule has 12 heteroatoms. The topological polar surface area (TPSA) is 85.2 Å². The molecule has 4 aromatic carbocycles. The van der Waals surface area contributed by atoms with E-state index in [1.807, 2.05) is 72.8 Å². The first-order valence-corrected chi connectivity index (χ1v) is 17.5. The Labute approximate surface area is 270 Å². The van der Waals surface area contributed by atoms with Crippen LogP contribution in [-0.2, 0) is 10.9 Å². The number of carbonyl (C=O) groups is 1. The number of benzene rings is 4. The number of hydrogen-bond acceptors (Lipinski definition) is 7. The second-order valence-electron chi connectivity index (χ2n) is 8.66. The fraction of sp³-hybridized carbons (Fsp3) is 0.129. The van der Waals surface area contributed by atoms with Crippen molar-refractivity contribution in [1.82, 2.24) is 0 Å². The molecule has 0 aliphatic carbocycles. The van der Waals surface area contributed by atoms with Gasteiger partial charge in [-0.05, 0) is 97.1 Å². The third-order valence-corrected chi connectivity index (χ3v) is 6.28. The number of carbonyl (C=O) groups excluding carboxylic acids is 1. The minimum absolute atomic E-state index is 0.338. The Hall–Kier alpha value is -3.86. The maximum atomic E-state index is 14.2. The number of ether oxygens (including phenoxy) is 4. The summed E-state index contributed by atoms with van der Waals surface area (Å²) in [6.07, 6.45) is 0. The van der Waals surface area contributed by atoms with E-state index in [9.17, 15) is 4.79 Å². The van der Waals surface area contributed by atoms with Crippen molar-refractivity contribution in [2.75, 3.05) is 38.2 Å². The zero-order valence-corrected chi connectivity index (χ0v) is 27.8. The number of halogens is 2. The van der Waals surface area contributed by atoms with E-state index in [4.69, 9.17) is 28.9 Å². The molecule has 9 nitrogen and oxygen atoms in total. The van der Waals surface area contributed by atoms with Gasteiger partial charge in [0, 0.05) is 0 Å². The summed E-state index contributed by atoms with van der Waals surface area (Å²) in [6, 6.07) is 28.6. The number of rotatable bonds is 8. The Kier molecular flexibility index (Phi) is 11.6. The molecule has 0 atom stereocenters. The summed E-state index contributed by atoms with van der Waals surface area (Å²) in [4.78, 5) is 27.1. The van der Waals surface area contributed by atoms with Crippen LogP contribution in [0.15, 0.2) is 107 Å². The monoisotopic (exact) mass is 752 g/mol. The van der Waals surface area contributed by atoms with Crippen molar-refractivity contribution in [1.29, 1.82) is 0 Å². The van der Waals surface area contributed by atoms with E-state index < -0.39 is 0 Å². The number of nitrogens with zero attached hydrogens (tertiary/aromatic N) is 4. The van der Waals surface area contributed by atoms with E-state index in [2.05, 4.69) is 28.5 Å². The number of amides is 2. The molecule has 4 aromatic rings. The number of aliphatic imine (C=N–C) groups is 2. The third-order valence-electron chi connectivity index (χ3n) is 6.28. The van der Waals surface area contributed by atoms with Gasteiger partial charge >= 0.3 is 45.4 Å². The molecular formula is C31H28Br2N4NiO5. The summed E-state index contributed by atoms with van der Waals surface area (Å²) in [6.45, 7) is 0. The van der Waals surface area contributed by atoms with Gasteiger partial charge in [-0.1, -0.05) is 0 Å². The average molecular weight is 755 g/mol. The van der Waals surface area contributed by atoms with Crippen molar-refractivity contribution in [3.8, 4) is 23.0 Å². The molecule has 0 saturated carbocycles. The second-order valence-corrected chi connectivity index (χ2v) is 13.6. The Morgan fingerprint density at radius 2 is 0.767 bits per heavy atom. The molecule has 5 rings (SSSR count). The van der Waals surface area contributed by atoms with Crippen LogP contribution in [-0.4, -0.2) is 46.1 Å². The molecule has 2 amide bonds. The number of urea groups is 1. The molecule has 1 aliphatic heterocycles. The Bertz CT molecular complexity index is 1450. The molecule has 1 aliphatic rings. The summed E-state index contributed by atoms with van der Waals surface area (Å²) in [7, 11) is 7.65. The number of hydrogen-bond donors (Lipinski definition) is 0. The molecule has 0 spiro atoms. The molecule has 1 fully saturated rings. The van der Waals surface area contributed by atoms with Gasteiger partial charge in [0.05, 0.1) is 51.2 Å². The summed E-state index contributed by atoms with van der Waals surface area (Å²) >= 11 is 6.00. The first kappa shape index (κ1) is 32.1. The van der Waals surface area contributed by atoms with Crippen molar-refractivity contribution in [3.05, 3.63) is 97.1 Å². The zero-order chi connectivity index (χ0) is 30.8. The molecule has 0 bridgehead atoms. The number of anilines is 2. The summed E-state index contributed by atoms with van der Waals surface area (Å²) in [5, 5.41) is 0. The predicted octanol–water partition coefficient (Wildman–Crippen LogP) is 8.32. The Morgan fingerprint density at radius 3 is 1.02 bits per heavy atom. The van der Waals surface area contributed by atoms with Crippen LogP contribution in [0.4, 0.5) is 27.5 Å². The minimum atomic E-state index is -0.338. The molecule has 0 radical (unpaired) electrons. The predicted molar refractivity (Wildman–Crippen MR) is 174 cm³/mol. The molecule has 1 saturated heterocycles. The number of methoxy groups -OCH3 is 4. The van der Waals surface area contributed by atoms with Crippen LogP contribution < -0.4 is 28.7 Å². The first-order chi connectivity index (χ1) is 21.0. The van der Waals surface area contributed by atoms with Crippen LogP contribution in [0.1, 0.15) is 0 Å². The van der Waals surface area contributed by atoms with E-state index in [0.717, 1.165) is 0 Å².